The maximum Gasteiger partial charge on any atom is 0.329 e. The van der Waals surface area contributed by atoms with Gasteiger partial charge in [0.15, 0.2) is 0 Å². The fraction of sp³-hybridized carbons (Fsp3) is 0.526. The molecule has 28 heavy (non-hydrogen) atoms. The number of nitrogens with zero attached hydrogens (tertiary/aromatic N) is 2. The number of hydrogen-bond acceptors (Lipinski definition) is 5. The number of ether oxygens (including phenoxy) is 1. The van der Waals surface area contributed by atoms with Gasteiger partial charge < -0.3 is 10.5 Å². The van der Waals surface area contributed by atoms with Crippen molar-refractivity contribution in [2.75, 3.05) is 19.8 Å². The molecule has 1 aliphatic rings. The molecule has 0 aliphatic carbocycles. The van der Waals surface area contributed by atoms with Crippen molar-refractivity contribution in [1.29, 1.82) is 0 Å². The molecule has 2 heterocycles. The van der Waals surface area contributed by atoms with Gasteiger partial charge in [0.25, 0.3) is 0 Å². The van der Waals surface area contributed by atoms with Gasteiger partial charge >= 0.3 is 5.69 Å². The monoisotopic (exact) mass is 410 g/mol. The zero-order valence-electron chi connectivity index (χ0n) is 16.0. The molecule has 0 spiro atoms. The van der Waals surface area contributed by atoms with Crippen LogP contribution in [0.25, 0.3) is 11.0 Å². The lowest BCUT2D eigenvalue weighted by molar-refractivity contribution is -0.135. The van der Waals surface area contributed by atoms with Crippen molar-refractivity contribution in [3.05, 3.63) is 34.2 Å². The number of carbonyl (C=O) groups excluding carboxylic acids is 2. The molecule has 1 unspecified atom stereocenters. The third-order valence-corrected chi connectivity index (χ3v) is 4.94. The van der Waals surface area contributed by atoms with E-state index in [0.29, 0.717) is 26.2 Å². The third-order valence-electron chi connectivity index (χ3n) is 4.94. The number of carbonyl (C=O) groups is 2. The van der Waals surface area contributed by atoms with Crippen LogP contribution in [0, 0.1) is 0 Å². The van der Waals surface area contributed by atoms with Crippen LogP contribution in [-0.4, -0.2) is 40.7 Å². The topological polar surface area (TPSA) is 108 Å². The van der Waals surface area contributed by atoms with E-state index in [1.165, 1.54) is 4.57 Å². The number of nitrogens with two attached hydrogens (primary N) is 1. The van der Waals surface area contributed by atoms with Crippen molar-refractivity contribution >= 4 is 35.3 Å². The normalized spacial score (nSPS) is 16.9. The van der Waals surface area contributed by atoms with E-state index in [1.807, 2.05) is 18.2 Å². The first-order valence-electron chi connectivity index (χ1n) is 9.35. The second-order valence-corrected chi connectivity index (χ2v) is 6.82. The highest BCUT2D eigenvalue weighted by Crippen LogP contribution is 2.25. The minimum Gasteiger partial charge on any atom is -0.381 e. The van der Waals surface area contributed by atoms with E-state index < -0.39 is 11.9 Å². The summed E-state index contributed by atoms with van der Waals surface area (Å²) in [5.41, 5.74) is 7.79. The highest BCUT2D eigenvalue weighted by molar-refractivity contribution is 6.00. The molecule has 2 amide bonds. The van der Waals surface area contributed by atoms with Gasteiger partial charge in [-0.3, -0.25) is 24.0 Å². The SMILES string of the molecule is Cl.Cn1c(=O)n(C2CCC(=O)NC2=O)c2cccc(CCCOCCCN)c21. The van der Waals surface area contributed by atoms with Crippen molar-refractivity contribution in [3.63, 3.8) is 0 Å². The summed E-state index contributed by atoms with van der Waals surface area (Å²) in [6.45, 7) is 1.92. The Morgan fingerprint density at radius 3 is 2.68 bits per heavy atom. The number of nitrogens with one attached hydrogen (secondary N) is 1. The Morgan fingerprint density at radius 2 is 1.96 bits per heavy atom. The fourth-order valence-corrected chi connectivity index (χ4v) is 3.60. The maximum atomic E-state index is 12.8. The van der Waals surface area contributed by atoms with E-state index >= 15 is 0 Å². The molecule has 0 radical (unpaired) electrons. The Labute approximate surface area is 169 Å². The molecule has 1 saturated heterocycles. The van der Waals surface area contributed by atoms with Crippen molar-refractivity contribution < 1.29 is 14.3 Å². The largest absolute Gasteiger partial charge is 0.381 e. The summed E-state index contributed by atoms with van der Waals surface area (Å²) in [7, 11) is 1.72. The van der Waals surface area contributed by atoms with Crippen molar-refractivity contribution in [3.8, 4) is 0 Å². The van der Waals surface area contributed by atoms with Crippen molar-refractivity contribution in [1.82, 2.24) is 14.5 Å². The molecule has 3 rings (SSSR count). The van der Waals surface area contributed by atoms with Gasteiger partial charge in [0.05, 0.1) is 11.0 Å². The van der Waals surface area contributed by atoms with E-state index in [-0.39, 0.29) is 30.4 Å². The molecule has 154 valence electrons. The van der Waals surface area contributed by atoms with Crippen LogP contribution in [0.1, 0.15) is 37.3 Å². The van der Waals surface area contributed by atoms with Crippen molar-refractivity contribution in [2.45, 2.75) is 38.1 Å². The van der Waals surface area contributed by atoms with Crippen LogP contribution in [0.3, 0.4) is 0 Å². The van der Waals surface area contributed by atoms with Crippen LogP contribution in [0.2, 0.25) is 0 Å². The number of rotatable bonds is 8. The Bertz CT molecular complexity index is 905. The standard InChI is InChI=1S/C19H26N4O4.ClH/c1-22-17-13(6-3-11-27-12-4-10-20)5-2-7-14(17)23(19(22)26)15-8-9-16(24)21-18(15)25;/h2,5,7,15H,3-4,6,8-12,20H2,1H3,(H,21,24,25);1H. The number of benzene rings is 1. The van der Waals surface area contributed by atoms with E-state index in [2.05, 4.69) is 5.32 Å². The lowest BCUT2D eigenvalue weighted by atomic mass is 10.0. The number of piperidine rings is 1. The highest BCUT2D eigenvalue weighted by atomic mass is 35.5. The molecule has 1 aromatic heterocycles. The summed E-state index contributed by atoms with van der Waals surface area (Å²) in [4.78, 5) is 36.5. The zero-order valence-corrected chi connectivity index (χ0v) is 16.8. The van der Waals surface area contributed by atoms with Crippen LogP contribution < -0.4 is 16.7 Å². The number of aryl methyl sites for hydroxylation is 2. The molecule has 8 nitrogen and oxygen atoms in total. The van der Waals surface area contributed by atoms with Crippen LogP contribution in [-0.2, 0) is 27.8 Å². The average molecular weight is 411 g/mol. The van der Waals surface area contributed by atoms with Gasteiger partial charge in [-0.1, -0.05) is 12.1 Å². The Morgan fingerprint density at radius 1 is 1.21 bits per heavy atom. The summed E-state index contributed by atoms with van der Waals surface area (Å²) in [6, 6.07) is 5.08. The molecule has 1 aromatic carbocycles. The summed E-state index contributed by atoms with van der Waals surface area (Å²) in [5, 5.41) is 2.33. The third kappa shape index (κ3) is 4.45. The minimum absolute atomic E-state index is 0. The molecule has 0 bridgehead atoms. The Kier molecular flexibility index (Phi) is 7.79. The second kappa shape index (κ2) is 9.86. The van der Waals surface area contributed by atoms with Gasteiger partial charge in [0.2, 0.25) is 11.8 Å². The number of fused-ring (bicyclic) bond motifs is 1. The van der Waals surface area contributed by atoms with E-state index in [1.54, 1.807) is 11.6 Å². The molecular formula is C19H27ClN4O4. The first-order valence-corrected chi connectivity index (χ1v) is 9.35. The van der Waals surface area contributed by atoms with Gasteiger partial charge in [-0.15, -0.1) is 12.4 Å². The molecule has 2 aromatic rings. The summed E-state index contributed by atoms with van der Waals surface area (Å²) < 4.78 is 8.65. The second-order valence-electron chi connectivity index (χ2n) is 6.82. The molecule has 0 saturated carbocycles. The predicted octanol–water partition coefficient (Wildman–Crippen LogP) is 1.04. The van der Waals surface area contributed by atoms with E-state index in [0.717, 1.165) is 35.9 Å². The summed E-state index contributed by atoms with van der Waals surface area (Å²) in [5.74, 6) is -0.709. The van der Waals surface area contributed by atoms with Crippen LogP contribution in [0.4, 0.5) is 0 Å². The number of imidazole rings is 1. The lowest BCUT2D eigenvalue weighted by Gasteiger charge is -2.21. The first kappa shape index (κ1) is 22.1. The molecule has 1 fully saturated rings. The van der Waals surface area contributed by atoms with Gasteiger partial charge in [-0.25, -0.2) is 4.79 Å². The summed E-state index contributed by atoms with van der Waals surface area (Å²) in [6.07, 6.45) is 3.02. The quantitative estimate of drug-likeness (QED) is 0.499. The smallest absolute Gasteiger partial charge is 0.329 e. The van der Waals surface area contributed by atoms with Gasteiger partial charge in [0, 0.05) is 26.7 Å². The fourth-order valence-electron chi connectivity index (χ4n) is 3.60. The molecule has 3 N–H and O–H groups in total. The Balaban J connectivity index is 0.00000280. The minimum atomic E-state index is -0.659. The number of imide groups is 1. The first-order chi connectivity index (χ1) is 13.0. The van der Waals surface area contributed by atoms with E-state index in [9.17, 15) is 14.4 Å². The van der Waals surface area contributed by atoms with Crippen LogP contribution in [0.15, 0.2) is 23.0 Å². The van der Waals surface area contributed by atoms with Gasteiger partial charge in [-0.05, 0) is 43.9 Å². The zero-order chi connectivity index (χ0) is 19.4. The lowest BCUT2D eigenvalue weighted by Crippen LogP contribution is -2.44. The molecule has 1 aliphatic heterocycles. The number of aromatic nitrogens is 2. The maximum absolute atomic E-state index is 12.8. The number of hydrogen-bond donors (Lipinski definition) is 2. The van der Waals surface area contributed by atoms with Gasteiger partial charge in [0.1, 0.15) is 6.04 Å². The Hall–Kier alpha value is -2.16. The highest BCUT2D eigenvalue weighted by Gasteiger charge is 2.31. The number of halogens is 1. The molecular weight excluding hydrogens is 384 g/mol. The summed E-state index contributed by atoms with van der Waals surface area (Å²) >= 11 is 0. The number of amides is 2. The predicted molar refractivity (Wildman–Crippen MR) is 109 cm³/mol. The molecule has 1 atom stereocenters. The molecule has 9 heteroatoms. The average Bonchev–Trinajstić information content (AvgIpc) is 2.90. The van der Waals surface area contributed by atoms with Crippen LogP contribution in [0.5, 0.6) is 0 Å². The van der Waals surface area contributed by atoms with Crippen molar-refractivity contribution in [2.24, 2.45) is 12.8 Å². The number of para-hydroxylation sites is 1. The van der Waals surface area contributed by atoms with Gasteiger partial charge in [-0.2, -0.15) is 0 Å². The van der Waals surface area contributed by atoms with Crippen LogP contribution >= 0.6 is 12.4 Å². The van der Waals surface area contributed by atoms with E-state index in [4.69, 9.17) is 10.5 Å².